The number of nitrogens with zero attached hydrogens (tertiary/aromatic N) is 3. The molecule has 0 aliphatic carbocycles. The lowest BCUT2D eigenvalue weighted by atomic mass is 10.0. The Labute approximate surface area is 215 Å². The fourth-order valence-electron chi connectivity index (χ4n) is 4.96. The second kappa shape index (κ2) is 13.0. The fourth-order valence-corrected chi connectivity index (χ4v) is 4.96. The van der Waals surface area contributed by atoms with E-state index in [-0.39, 0.29) is 30.0 Å². The largest absolute Gasteiger partial charge is 0.496 e. The lowest BCUT2D eigenvalue weighted by molar-refractivity contribution is 0.239. The zero-order chi connectivity index (χ0) is 22.2. The van der Waals surface area contributed by atoms with Gasteiger partial charge in [-0.1, -0.05) is 36.4 Å². The molecule has 33 heavy (non-hydrogen) atoms. The predicted molar refractivity (Wildman–Crippen MR) is 148 cm³/mol. The molecular weight excluding hydrogens is 525 g/mol. The maximum Gasteiger partial charge on any atom is 0.191 e. The van der Waals surface area contributed by atoms with Gasteiger partial charge in [0.05, 0.1) is 13.2 Å². The van der Waals surface area contributed by atoms with Gasteiger partial charge in [0.15, 0.2) is 5.96 Å². The zero-order valence-electron chi connectivity index (χ0n) is 19.9. The number of hydrogen-bond donors (Lipinski definition) is 2. The first-order valence-corrected chi connectivity index (χ1v) is 11.9. The monoisotopic (exact) mass is 563 g/mol. The highest BCUT2D eigenvalue weighted by Crippen LogP contribution is 2.31. The summed E-state index contributed by atoms with van der Waals surface area (Å²) in [6, 6.07) is 19.4. The number of hydrogen-bond acceptors (Lipinski definition) is 4. The van der Waals surface area contributed by atoms with Gasteiger partial charge in [-0.2, -0.15) is 0 Å². The fraction of sp³-hybridized carbons (Fsp3) is 0.500. The maximum atomic E-state index is 5.68. The summed E-state index contributed by atoms with van der Waals surface area (Å²) in [6.07, 6.45) is 3.73. The standard InChI is InChI=1S/C26H37N5O.HI/c1-27-26(28-18-21-14-17-31(20-21)22-10-4-3-5-11-22)29-19-24(30-15-8-9-16-30)23-12-6-7-13-25(23)32-2;/h3-7,10-13,21,24H,8-9,14-20H2,1-2H3,(H2,27,28,29);1H. The van der Waals surface area contributed by atoms with E-state index in [1.54, 1.807) is 7.11 Å². The molecule has 0 aromatic heterocycles. The molecule has 2 aromatic carbocycles. The molecule has 0 bridgehead atoms. The molecule has 0 amide bonds. The van der Waals surface area contributed by atoms with Crippen LogP contribution in [0.3, 0.4) is 0 Å². The Balaban J connectivity index is 0.00000306. The number of rotatable bonds is 8. The molecule has 2 aliphatic heterocycles. The number of aliphatic imine (C=N–C) groups is 1. The van der Waals surface area contributed by atoms with E-state index < -0.39 is 0 Å². The highest BCUT2D eigenvalue weighted by Gasteiger charge is 2.26. The van der Waals surface area contributed by atoms with E-state index in [1.807, 2.05) is 13.1 Å². The molecule has 2 atom stereocenters. The van der Waals surface area contributed by atoms with E-state index in [2.05, 4.69) is 74.0 Å². The third-order valence-corrected chi connectivity index (χ3v) is 6.73. The van der Waals surface area contributed by atoms with Crippen molar-refractivity contribution in [3.8, 4) is 5.75 Å². The SMILES string of the molecule is CN=C(NCC1CCN(c2ccccc2)C1)NCC(c1ccccc1OC)N1CCCC1.I. The molecule has 0 saturated carbocycles. The number of benzene rings is 2. The maximum absolute atomic E-state index is 5.68. The first-order valence-electron chi connectivity index (χ1n) is 11.9. The van der Waals surface area contributed by atoms with Crippen LogP contribution < -0.4 is 20.3 Å². The molecule has 2 aliphatic rings. The van der Waals surface area contributed by atoms with Crippen molar-refractivity contribution in [3.63, 3.8) is 0 Å². The summed E-state index contributed by atoms with van der Waals surface area (Å²) in [5.41, 5.74) is 2.57. The number of para-hydroxylation sites is 2. The number of halogens is 1. The van der Waals surface area contributed by atoms with Gasteiger partial charge in [0.25, 0.3) is 0 Å². The third-order valence-electron chi connectivity index (χ3n) is 6.73. The van der Waals surface area contributed by atoms with Crippen molar-refractivity contribution in [1.29, 1.82) is 0 Å². The van der Waals surface area contributed by atoms with Gasteiger partial charge in [-0.25, -0.2) is 0 Å². The summed E-state index contributed by atoms with van der Waals surface area (Å²) >= 11 is 0. The third kappa shape index (κ3) is 6.76. The molecule has 6 nitrogen and oxygen atoms in total. The molecule has 2 unspecified atom stereocenters. The summed E-state index contributed by atoms with van der Waals surface area (Å²) in [5, 5.41) is 7.16. The molecule has 2 fully saturated rings. The first kappa shape index (κ1) is 25.6. The summed E-state index contributed by atoms with van der Waals surface area (Å²) in [6.45, 7) is 6.22. The predicted octanol–water partition coefficient (Wildman–Crippen LogP) is 4.14. The van der Waals surface area contributed by atoms with Crippen LogP contribution in [0.5, 0.6) is 5.75 Å². The van der Waals surface area contributed by atoms with Gasteiger partial charge < -0.3 is 20.3 Å². The summed E-state index contributed by atoms with van der Waals surface area (Å²) in [4.78, 5) is 9.53. The molecule has 0 spiro atoms. The van der Waals surface area contributed by atoms with E-state index >= 15 is 0 Å². The summed E-state index contributed by atoms with van der Waals surface area (Å²) in [5.74, 6) is 2.46. The van der Waals surface area contributed by atoms with Crippen LogP contribution in [0, 0.1) is 5.92 Å². The minimum Gasteiger partial charge on any atom is -0.496 e. The van der Waals surface area contributed by atoms with Crippen LogP contribution in [0.15, 0.2) is 59.6 Å². The molecule has 2 heterocycles. The molecule has 180 valence electrons. The van der Waals surface area contributed by atoms with E-state index in [4.69, 9.17) is 4.74 Å². The Bertz CT molecular complexity index is 872. The van der Waals surface area contributed by atoms with Crippen LogP contribution in [0.2, 0.25) is 0 Å². The highest BCUT2D eigenvalue weighted by atomic mass is 127. The number of methoxy groups -OCH3 is 1. The lowest BCUT2D eigenvalue weighted by Crippen LogP contribution is -2.44. The topological polar surface area (TPSA) is 52.1 Å². The smallest absolute Gasteiger partial charge is 0.191 e. The van der Waals surface area contributed by atoms with Crippen molar-refractivity contribution in [3.05, 3.63) is 60.2 Å². The van der Waals surface area contributed by atoms with Crippen molar-refractivity contribution in [2.75, 3.05) is 58.3 Å². The summed E-state index contributed by atoms with van der Waals surface area (Å²) in [7, 11) is 3.61. The van der Waals surface area contributed by atoms with Gasteiger partial charge >= 0.3 is 0 Å². The van der Waals surface area contributed by atoms with Gasteiger partial charge in [0.1, 0.15) is 5.75 Å². The van der Waals surface area contributed by atoms with E-state index in [9.17, 15) is 0 Å². The second-order valence-electron chi connectivity index (χ2n) is 8.77. The number of likely N-dealkylation sites (tertiary alicyclic amines) is 1. The normalized spacial score (nSPS) is 19.8. The van der Waals surface area contributed by atoms with E-state index in [0.717, 1.165) is 51.0 Å². The van der Waals surface area contributed by atoms with Crippen LogP contribution in [-0.2, 0) is 0 Å². The van der Waals surface area contributed by atoms with Crippen LogP contribution in [0.4, 0.5) is 5.69 Å². The van der Waals surface area contributed by atoms with Crippen LogP contribution in [-0.4, -0.2) is 64.3 Å². The minimum atomic E-state index is 0. The Hall–Kier alpha value is -2.00. The number of guanidine groups is 1. The van der Waals surface area contributed by atoms with E-state index in [1.165, 1.54) is 30.5 Å². The van der Waals surface area contributed by atoms with Crippen LogP contribution >= 0.6 is 24.0 Å². The van der Waals surface area contributed by atoms with Gasteiger partial charge in [-0.05, 0) is 56.5 Å². The van der Waals surface area contributed by atoms with Crippen LogP contribution in [0.25, 0.3) is 0 Å². The Morgan fingerprint density at radius 2 is 1.76 bits per heavy atom. The number of nitrogens with one attached hydrogen (secondary N) is 2. The molecular formula is C26H38IN5O. The first-order chi connectivity index (χ1) is 15.8. The molecule has 7 heteroatoms. The molecule has 0 radical (unpaired) electrons. The van der Waals surface area contributed by atoms with Crippen molar-refractivity contribution < 1.29 is 4.74 Å². The minimum absolute atomic E-state index is 0. The average molecular weight is 564 g/mol. The second-order valence-corrected chi connectivity index (χ2v) is 8.77. The van der Waals surface area contributed by atoms with Crippen molar-refractivity contribution in [2.24, 2.45) is 10.9 Å². The average Bonchev–Trinajstić information content (AvgIpc) is 3.55. The van der Waals surface area contributed by atoms with Gasteiger partial charge in [-0.15, -0.1) is 24.0 Å². The number of anilines is 1. The summed E-state index contributed by atoms with van der Waals surface area (Å²) < 4.78 is 5.68. The Morgan fingerprint density at radius 3 is 2.48 bits per heavy atom. The molecule has 4 rings (SSSR count). The van der Waals surface area contributed by atoms with Crippen molar-refractivity contribution in [1.82, 2.24) is 15.5 Å². The van der Waals surface area contributed by atoms with Crippen molar-refractivity contribution >= 4 is 35.6 Å². The highest BCUT2D eigenvalue weighted by molar-refractivity contribution is 14.0. The molecule has 2 aromatic rings. The van der Waals surface area contributed by atoms with Gasteiger partial charge in [-0.3, -0.25) is 9.89 Å². The molecule has 2 saturated heterocycles. The van der Waals surface area contributed by atoms with Crippen LogP contribution in [0.1, 0.15) is 30.9 Å². The van der Waals surface area contributed by atoms with E-state index in [0.29, 0.717) is 5.92 Å². The van der Waals surface area contributed by atoms with Crippen molar-refractivity contribution in [2.45, 2.75) is 25.3 Å². The van der Waals surface area contributed by atoms with Gasteiger partial charge in [0.2, 0.25) is 0 Å². The Kier molecular flexibility index (Phi) is 10.1. The Morgan fingerprint density at radius 1 is 1.03 bits per heavy atom. The van der Waals surface area contributed by atoms with Gasteiger partial charge in [0, 0.05) is 44.5 Å². The zero-order valence-corrected chi connectivity index (χ0v) is 22.2. The number of ether oxygens (including phenoxy) is 1. The lowest BCUT2D eigenvalue weighted by Gasteiger charge is -2.30. The quantitative estimate of drug-likeness (QED) is 0.288. The molecule has 2 N–H and O–H groups in total.